The van der Waals surface area contributed by atoms with Gasteiger partial charge in [0.25, 0.3) is 0 Å². The van der Waals surface area contributed by atoms with Gasteiger partial charge in [-0.1, -0.05) is 31.4 Å². The summed E-state index contributed by atoms with van der Waals surface area (Å²) in [5, 5.41) is 3.29. The fraction of sp³-hybridized carbons (Fsp3) is 0.462. The first-order chi connectivity index (χ1) is 16.1. The number of nitrogens with one attached hydrogen (secondary N) is 1. The largest absolute Gasteiger partial charge is 0.497 e. The molecule has 0 bridgehead atoms. The summed E-state index contributed by atoms with van der Waals surface area (Å²) in [5.74, 6) is 1.69. The van der Waals surface area contributed by atoms with Crippen LogP contribution >= 0.6 is 0 Å². The highest BCUT2D eigenvalue weighted by Crippen LogP contribution is 2.43. The van der Waals surface area contributed by atoms with Crippen molar-refractivity contribution in [2.75, 3.05) is 18.8 Å². The molecule has 3 aliphatic rings. The first-order valence-electron chi connectivity index (χ1n) is 11.8. The van der Waals surface area contributed by atoms with E-state index in [0.29, 0.717) is 30.0 Å². The average molecular weight is 451 g/mol. The molecule has 1 saturated heterocycles. The van der Waals surface area contributed by atoms with Gasteiger partial charge in [-0.2, -0.15) is 0 Å². The van der Waals surface area contributed by atoms with Crippen LogP contribution in [0.25, 0.3) is 0 Å². The number of rotatable bonds is 5. The van der Waals surface area contributed by atoms with Gasteiger partial charge in [0.15, 0.2) is 11.5 Å². The molecule has 0 radical (unpaired) electrons. The predicted octanol–water partition coefficient (Wildman–Crippen LogP) is 4.36. The predicted molar refractivity (Wildman–Crippen MR) is 124 cm³/mol. The van der Waals surface area contributed by atoms with Crippen LogP contribution in [0.15, 0.2) is 42.5 Å². The molecule has 174 valence electrons. The molecular formula is C26H30N2O5. The number of hydrogen-bond donors (Lipinski definition) is 1. The number of nitrogens with zero attached hydrogens (tertiary/aromatic N) is 1. The molecule has 2 heterocycles. The van der Waals surface area contributed by atoms with E-state index >= 15 is 0 Å². The standard InChI is InChI=1S/C26H30N2O5/c1-31-20-10-7-17(8-11-20)25-21(26(30)27-18-5-3-2-4-6-18)12-14-24(29)28(25)19-9-13-22-23(15-19)33-16-32-22/h7-11,13,15,18,21,25H,2-6,12,14,16H2,1H3,(H,27,30)/t21-,25+/m1/s1. The maximum Gasteiger partial charge on any atom is 0.231 e. The van der Waals surface area contributed by atoms with Crippen molar-refractivity contribution in [1.82, 2.24) is 5.32 Å². The van der Waals surface area contributed by atoms with Crippen LogP contribution in [0.1, 0.15) is 56.6 Å². The number of ether oxygens (including phenoxy) is 3. The van der Waals surface area contributed by atoms with E-state index in [2.05, 4.69) is 5.32 Å². The first kappa shape index (κ1) is 21.6. The zero-order valence-corrected chi connectivity index (χ0v) is 18.9. The van der Waals surface area contributed by atoms with Gasteiger partial charge >= 0.3 is 0 Å². The van der Waals surface area contributed by atoms with Crippen molar-refractivity contribution >= 4 is 17.5 Å². The fourth-order valence-electron chi connectivity index (χ4n) is 5.24. The third-order valence-corrected chi connectivity index (χ3v) is 6.98. The van der Waals surface area contributed by atoms with Gasteiger partial charge in [-0.3, -0.25) is 9.59 Å². The molecular weight excluding hydrogens is 420 g/mol. The molecule has 0 aromatic heterocycles. The van der Waals surface area contributed by atoms with Gasteiger partial charge < -0.3 is 24.4 Å². The van der Waals surface area contributed by atoms with E-state index in [1.54, 1.807) is 12.0 Å². The molecule has 2 aromatic rings. The van der Waals surface area contributed by atoms with Crippen LogP contribution in [-0.2, 0) is 9.59 Å². The van der Waals surface area contributed by atoms with Gasteiger partial charge in [-0.25, -0.2) is 0 Å². The highest BCUT2D eigenvalue weighted by Gasteiger charge is 2.42. The van der Waals surface area contributed by atoms with Gasteiger partial charge in [0.05, 0.1) is 19.1 Å². The minimum absolute atomic E-state index is 0.00333. The minimum Gasteiger partial charge on any atom is -0.497 e. The molecule has 2 fully saturated rings. The fourth-order valence-corrected chi connectivity index (χ4v) is 5.24. The lowest BCUT2D eigenvalue weighted by Crippen LogP contribution is -2.50. The molecule has 0 unspecified atom stereocenters. The molecule has 1 saturated carbocycles. The van der Waals surface area contributed by atoms with Gasteiger partial charge in [0, 0.05) is 24.2 Å². The summed E-state index contributed by atoms with van der Waals surface area (Å²) in [7, 11) is 1.62. The number of hydrogen-bond acceptors (Lipinski definition) is 5. The summed E-state index contributed by atoms with van der Waals surface area (Å²) < 4.78 is 16.3. The SMILES string of the molecule is COc1ccc([C@H]2[C@H](C(=O)NC3CCCCC3)CCC(=O)N2c2ccc3c(c2)OCO3)cc1. The molecule has 0 spiro atoms. The van der Waals surface area contributed by atoms with Crippen molar-refractivity contribution in [1.29, 1.82) is 0 Å². The first-order valence-corrected chi connectivity index (χ1v) is 11.8. The highest BCUT2D eigenvalue weighted by molar-refractivity contribution is 5.97. The smallest absolute Gasteiger partial charge is 0.231 e. The molecule has 2 aromatic carbocycles. The average Bonchev–Trinajstić information content (AvgIpc) is 3.32. The normalized spacial score (nSPS) is 22.8. The Kier molecular flexibility index (Phi) is 6.11. The second kappa shape index (κ2) is 9.33. The van der Waals surface area contributed by atoms with Crippen LogP contribution < -0.4 is 24.4 Å². The Balaban J connectivity index is 1.50. The Morgan fingerprint density at radius 2 is 1.76 bits per heavy atom. The van der Waals surface area contributed by atoms with Crippen molar-refractivity contribution < 1.29 is 23.8 Å². The number of benzene rings is 2. The Hall–Kier alpha value is -3.22. The number of fused-ring (bicyclic) bond motifs is 1. The van der Waals surface area contributed by atoms with Gasteiger partial charge in [0.2, 0.25) is 18.6 Å². The summed E-state index contributed by atoms with van der Waals surface area (Å²) in [6, 6.07) is 13.0. The lowest BCUT2D eigenvalue weighted by molar-refractivity contribution is -0.130. The van der Waals surface area contributed by atoms with E-state index in [1.807, 2.05) is 42.5 Å². The lowest BCUT2D eigenvalue weighted by Gasteiger charge is -2.41. The maximum atomic E-state index is 13.5. The van der Waals surface area contributed by atoms with Crippen molar-refractivity contribution in [2.24, 2.45) is 5.92 Å². The summed E-state index contributed by atoms with van der Waals surface area (Å²) in [4.78, 5) is 28.5. The second-order valence-corrected chi connectivity index (χ2v) is 9.01. The molecule has 2 aliphatic heterocycles. The molecule has 5 rings (SSSR count). The number of piperidine rings is 1. The van der Waals surface area contributed by atoms with Crippen LogP contribution in [0, 0.1) is 5.92 Å². The Labute approximate surface area is 194 Å². The van der Waals surface area contributed by atoms with Crippen molar-refractivity contribution in [3.8, 4) is 17.2 Å². The number of anilines is 1. The number of carbonyl (C=O) groups excluding carboxylic acids is 2. The van der Waals surface area contributed by atoms with Crippen LogP contribution in [0.5, 0.6) is 17.2 Å². The highest BCUT2D eigenvalue weighted by atomic mass is 16.7. The van der Waals surface area contributed by atoms with Crippen LogP contribution in [0.3, 0.4) is 0 Å². The maximum absolute atomic E-state index is 13.5. The molecule has 1 aliphatic carbocycles. The molecule has 2 atom stereocenters. The van der Waals surface area contributed by atoms with Crippen molar-refractivity contribution in [2.45, 2.75) is 57.0 Å². The summed E-state index contributed by atoms with van der Waals surface area (Å²) in [6.07, 6.45) is 6.43. The number of amides is 2. The second-order valence-electron chi connectivity index (χ2n) is 9.01. The van der Waals surface area contributed by atoms with E-state index in [9.17, 15) is 9.59 Å². The van der Waals surface area contributed by atoms with Gasteiger partial charge in [-0.05, 0) is 49.1 Å². The van der Waals surface area contributed by atoms with Crippen LogP contribution in [-0.4, -0.2) is 31.8 Å². The summed E-state index contributed by atoms with van der Waals surface area (Å²) >= 11 is 0. The molecule has 7 heteroatoms. The molecule has 33 heavy (non-hydrogen) atoms. The third-order valence-electron chi connectivity index (χ3n) is 6.98. The van der Waals surface area contributed by atoms with Crippen LogP contribution in [0.4, 0.5) is 5.69 Å². The molecule has 2 amide bonds. The van der Waals surface area contributed by atoms with Crippen molar-refractivity contribution in [3.05, 3.63) is 48.0 Å². The Morgan fingerprint density at radius 1 is 1.00 bits per heavy atom. The van der Waals surface area contributed by atoms with E-state index in [1.165, 1.54) is 6.42 Å². The molecule has 1 N–H and O–H groups in total. The van der Waals surface area contributed by atoms with Crippen molar-refractivity contribution in [3.63, 3.8) is 0 Å². The summed E-state index contributed by atoms with van der Waals surface area (Å²) in [6.45, 7) is 0.168. The van der Waals surface area contributed by atoms with Gasteiger partial charge in [0.1, 0.15) is 5.75 Å². The van der Waals surface area contributed by atoms with Gasteiger partial charge in [-0.15, -0.1) is 0 Å². The van der Waals surface area contributed by atoms with E-state index in [-0.39, 0.29) is 30.6 Å². The Morgan fingerprint density at radius 3 is 2.52 bits per heavy atom. The number of carbonyl (C=O) groups is 2. The van der Waals surface area contributed by atoms with E-state index < -0.39 is 6.04 Å². The third kappa shape index (κ3) is 4.36. The summed E-state index contributed by atoms with van der Waals surface area (Å²) in [5.41, 5.74) is 1.62. The van der Waals surface area contributed by atoms with E-state index in [4.69, 9.17) is 14.2 Å². The Bertz CT molecular complexity index is 1020. The van der Waals surface area contributed by atoms with E-state index in [0.717, 1.165) is 37.0 Å². The zero-order chi connectivity index (χ0) is 22.8. The lowest BCUT2D eigenvalue weighted by atomic mass is 9.82. The monoisotopic (exact) mass is 450 g/mol. The zero-order valence-electron chi connectivity index (χ0n) is 18.9. The van der Waals surface area contributed by atoms with Crippen LogP contribution in [0.2, 0.25) is 0 Å². The minimum atomic E-state index is -0.416. The topological polar surface area (TPSA) is 77.1 Å². The quantitative estimate of drug-likeness (QED) is 0.733. The molecule has 7 nitrogen and oxygen atoms in total. The number of methoxy groups -OCH3 is 1.